The number of hydrogen-bond donors (Lipinski definition) is 6. The van der Waals surface area contributed by atoms with Gasteiger partial charge in [-0.1, -0.05) is 0 Å². The van der Waals surface area contributed by atoms with E-state index in [0.717, 1.165) is 7.11 Å². The molecule has 29 heavy (non-hydrogen) atoms. The van der Waals surface area contributed by atoms with Crippen molar-refractivity contribution in [3.8, 4) is 0 Å². The summed E-state index contributed by atoms with van der Waals surface area (Å²) in [6.07, 6.45) is -14.3. The SMILES string of the molecule is CO[C@@H]1C(C(=O)O)O[C@@H](O[C@@H]2C(NC(C)=O)C(C)OC(C(=O)O)[C@H]2O)C(O)[C@H]1O. The third kappa shape index (κ3) is 4.83. The molecule has 0 spiro atoms. The zero-order valence-electron chi connectivity index (χ0n) is 15.9. The smallest absolute Gasteiger partial charge is 0.335 e. The molecule has 2 rings (SSSR count). The molecule has 2 aliphatic heterocycles. The highest BCUT2D eigenvalue weighted by atomic mass is 16.7. The first-order chi connectivity index (χ1) is 13.5. The van der Waals surface area contributed by atoms with Gasteiger partial charge < -0.3 is 49.8 Å². The van der Waals surface area contributed by atoms with Gasteiger partial charge in [0.15, 0.2) is 18.5 Å². The number of carboxylic acid groups (broad SMARTS) is 2. The predicted molar refractivity (Wildman–Crippen MR) is 89.6 cm³/mol. The van der Waals surface area contributed by atoms with Crippen LogP contribution in [0.1, 0.15) is 13.8 Å². The lowest BCUT2D eigenvalue weighted by molar-refractivity contribution is -0.326. The fourth-order valence-corrected chi connectivity index (χ4v) is 3.42. The van der Waals surface area contributed by atoms with Crippen LogP contribution < -0.4 is 5.32 Å². The number of carboxylic acids is 2. The predicted octanol–water partition coefficient (Wildman–Crippen LogP) is -3.34. The maximum atomic E-state index is 11.5. The van der Waals surface area contributed by atoms with Gasteiger partial charge in [-0.25, -0.2) is 9.59 Å². The summed E-state index contributed by atoms with van der Waals surface area (Å²) in [5, 5.41) is 51.9. The molecule has 5 unspecified atom stereocenters. The first-order valence-corrected chi connectivity index (χ1v) is 8.75. The first-order valence-electron chi connectivity index (χ1n) is 8.75. The summed E-state index contributed by atoms with van der Waals surface area (Å²) in [6.45, 7) is 2.62. The fourth-order valence-electron chi connectivity index (χ4n) is 3.42. The second kappa shape index (κ2) is 9.30. The molecule has 166 valence electrons. The molecule has 2 fully saturated rings. The van der Waals surface area contributed by atoms with Gasteiger partial charge >= 0.3 is 11.9 Å². The molecule has 0 aliphatic carbocycles. The Morgan fingerprint density at radius 2 is 1.48 bits per heavy atom. The van der Waals surface area contributed by atoms with Gasteiger partial charge in [-0.15, -0.1) is 0 Å². The standard InChI is InChI=1S/C16H25NO12/c1-4-6(17-5(2)18)10(9(21)12(27-4)14(22)23)28-16-8(20)7(19)11(26-3)13(29-16)15(24)25/h4,6-13,16,19-21H,1-3H3,(H,17,18)(H,22,23)(H,24,25)/t4?,6?,7-,8?,9+,10-,11+,12?,13?,16-/m1/s1. The Balaban J connectivity index is 2.31. The molecule has 2 heterocycles. The second-order valence-corrected chi connectivity index (χ2v) is 6.86. The van der Waals surface area contributed by atoms with E-state index in [0.29, 0.717) is 0 Å². The monoisotopic (exact) mass is 423 g/mol. The van der Waals surface area contributed by atoms with Crippen LogP contribution in [-0.4, -0.2) is 112 Å². The molecule has 13 heteroatoms. The van der Waals surface area contributed by atoms with E-state index in [9.17, 15) is 39.9 Å². The summed E-state index contributed by atoms with van der Waals surface area (Å²) in [5.74, 6) is -3.53. The van der Waals surface area contributed by atoms with Crippen molar-refractivity contribution in [2.24, 2.45) is 0 Å². The topological polar surface area (TPSA) is 201 Å². The van der Waals surface area contributed by atoms with Crippen LogP contribution in [0.15, 0.2) is 0 Å². The van der Waals surface area contributed by atoms with Crippen LogP contribution in [0.4, 0.5) is 0 Å². The number of ether oxygens (including phenoxy) is 4. The van der Waals surface area contributed by atoms with Crippen molar-refractivity contribution < 1.29 is 58.9 Å². The summed E-state index contributed by atoms with van der Waals surface area (Å²) < 4.78 is 20.8. The Bertz CT molecular complexity index is 629. The number of aliphatic hydroxyl groups is 3. The highest BCUT2D eigenvalue weighted by Gasteiger charge is 2.53. The number of methoxy groups -OCH3 is 1. The van der Waals surface area contributed by atoms with Crippen molar-refractivity contribution in [1.82, 2.24) is 5.32 Å². The van der Waals surface area contributed by atoms with Gasteiger partial charge in [0.25, 0.3) is 0 Å². The van der Waals surface area contributed by atoms with E-state index >= 15 is 0 Å². The van der Waals surface area contributed by atoms with Crippen molar-refractivity contribution in [3.05, 3.63) is 0 Å². The van der Waals surface area contributed by atoms with E-state index < -0.39 is 79.0 Å². The van der Waals surface area contributed by atoms with E-state index in [4.69, 9.17) is 18.9 Å². The number of nitrogens with one attached hydrogen (secondary N) is 1. The Morgan fingerprint density at radius 3 is 1.97 bits per heavy atom. The maximum Gasteiger partial charge on any atom is 0.335 e. The number of carbonyl (C=O) groups excluding carboxylic acids is 1. The summed E-state index contributed by atoms with van der Waals surface area (Å²) in [5.41, 5.74) is 0. The largest absolute Gasteiger partial charge is 0.479 e. The third-order valence-electron chi connectivity index (χ3n) is 4.83. The lowest BCUT2D eigenvalue weighted by atomic mass is 9.92. The summed E-state index contributed by atoms with van der Waals surface area (Å²) in [6, 6.07) is -1.06. The molecule has 1 amide bonds. The van der Waals surface area contributed by atoms with Crippen molar-refractivity contribution in [3.63, 3.8) is 0 Å². The summed E-state index contributed by atoms with van der Waals surface area (Å²) in [4.78, 5) is 34.3. The molecule has 0 bridgehead atoms. The quantitative estimate of drug-likeness (QED) is 0.248. The lowest BCUT2D eigenvalue weighted by Gasteiger charge is -2.46. The highest BCUT2D eigenvalue weighted by Crippen LogP contribution is 2.30. The van der Waals surface area contributed by atoms with E-state index in [2.05, 4.69) is 5.32 Å². The molecule has 2 aliphatic rings. The van der Waals surface area contributed by atoms with E-state index in [-0.39, 0.29) is 0 Å². The van der Waals surface area contributed by atoms with Crippen molar-refractivity contribution in [2.45, 2.75) is 75.0 Å². The first kappa shape index (κ1) is 23.4. The third-order valence-corrected chi connectivity index (χ3v) is 4.83. The van der Waals surface area contributed by atoms with E-state index in [1.807, 2.05) is 0 Å². The van der Waals surface area contributed by atoms with Crippen molar-refractivity contribution in [1.29, 1.82) is 0 Å². The van der Waals surface area contributed by atoms with Crippen molar-refractivity contribution >= 4 is 17.8 Å². The number of amides is 1. The average molecular weight is 423 g/mol. The van der Waals surface area contributed by atoms with Crippen LogP contribution in [-0.2, 0) is 33.3 Å². The van der Waals surface area contributed by atoms with Gasteiger partial charge in [0.2, 0.25) is 5.91 Å². The average Bonchev–Trinajstić information content (AvgIpc) is 2.63. The molecule has 0 radical (unpaired) electrons. The zero-order valence-corrected chi connectivity index (χ0v) is 15.9. The van der Waals surface area contributed by atoms with Crippen LogP contribution >= 0.6 is 0 Å². The van der Waals surface area contributed by atoms with Gasteiger partial charge in [0, 0.05) is 14.0 Å². The summed E-state index contributed by atoms with van der Waals surface area (Å²) in [7, 11) is 1.12. The molecule has 13 nitrogen and oxygen atoms in total. The van der Waals surface area contributed by atoms with Crippen LogP contribution in [0.3, 0.4) is 0 Å². The highest BCUT2D eigenvalue weighted by molar-refractivity contribution is 5.75. The number of carbonyl (C=O) groups is 3. The van der Waals surface area contributed by atoms with Crippen LogP contribution in [0.25, 0.3) is 0 Å². The van der Waals surface area contributed by atoms with Crippen LogP contribution in [0.2, 0.25) is 0 Å². The number of aliphatic carboxylic acids is 2. The molecule has 0 aromatic heterocycles. The Labute approximate surface area is 165 Å². The molecule has 10 atom stereocenters. The fraction of sp³-hybridized carbons (Fsp3) is 0.812. The molecular weight excluding hydrogens is 398 g/mol. The molecule has 6 N–H and O–H groups in total. The Kier molecular flexibility index (Phi) is 7.50. The number of aliphatic hydroxyl groups excluding tert-OH is 3. The summed E-state index contributed by atoms with van der Waals surface area (Å²) >= 11 is 0. The second-order valence-electron chi connectivity index (χ2n) is 6.86. The molecule has 0 aromatic rings. The molecule has 2 saturated heterocycles. The minimum atomic E-state index is -1.81. The minimum Gasteiger partial charge on any atom is -0.479 e. The Morgan fingerprint density at radius 1 is 0.897 bits per heavy atom. The van der Waals surface area contributed by atoms with Gasteiger partial charge in [0.05, 0.1) is 12.1 Å². The normalized spacial score (nSPS) is 42.8. The Hall–Kier alpha value is -1.87. The minimum absolute atomic E-state index is 0.534. The van der Waals surface area contributed by atoms with E-state index in [1.54, 1.807) is 0 Å². The number of hydrogen-bond acceptors (Lipinski definition) is 10. The lowest BCUT2D eigenvalue weighted by Crippen LogP contribution is -2.68. The molecule has 0 saturated carbocycles. The molecule has 0 aromatic carbocycles. The maximum absolute atomic E-state index is 11.5. The van der Waals surface area contributed by atoms with Gasteiger partial charge in [-0.05, 0) is 6.92 Å². The van der Waals surface area contributed by atoms with E-state index in [1.165, 1.54) is 13.8 Å². The van der Waals surface area contributed by atoms with Crippen LogP contribution in [0.5, 0.6) is 0 Å². The van der Waals surface area contributed by atoms with Gasteiger partial charge in [-0.3, -0.25) is 4.79 Å². The van der Waals surface area contributed by atoms with Crippen LogP contribution in [0, 0.1) is 0 Å². The zero-order chi connectivity index (χ0) is 22.0. The van der Waals surface area contributed by atoms with Gasteiger partial charge in [0.1, 0.15) is 30.5 Å². The van der Waals surface area contributed by atoms with Crippen molar-refractivity contribution in [2.75, 3.05) is 7.11 Å². The molecular formula is C16H25NO12. The number of rotatable bonds is 6. The van der Waals surface area contributed by atoms with Gasteiger partial charge in [-0.2, -0.15) is 0 Å².